The van der Waals surface area contributed by atoms with Crippen LogP contribution in [0, 0.1) is 18.7 Å². The second-order valence-corrected chi connectivity index (χ2v) is 9.05. The van der Waals surface area contributed by atoms with Gasteiger partial charge in [-0.2, -0.15) is 0 Å². The number of amides is 1. The third-order valence-corrected chi connectivity index (χ3v) is 6.47. The van der Waals surface area contributed by atoms with Crippen LogP contribution >= 0.6 is 12.4 Å². The smallest absolute Gasteiger partial charge is 0.255 e. The zero-order chi connectivity index (χ0) is 22.2. The van der Waals surface area contributed by atoms with Gasteiger partial charge in [0, 0.05) is 23.3 Å². The topological polar surface area (TPSA) is 106 Å². The molecule has 0 atom stereocenters. The van der Waals surface area contributed by atoms with E-state index in [-0.39, 0.29) is 36.2 Å². The largest absolute Gasteiger partial charge is 0.493 e. The van der Waals surface area contributed by atoms with Gasteiger partial charge in [0.15, 0.2) is 0 Å². The molecule has 0 spiro atoms. The van der Waals surface area contributed by atoms with Gasteiger partial charge in [-0.15, -0.1) is 12.4 Å². The molecule has 33 heavy (non-hydrogen) atoms. The van der Waals surface area contributed by atoms with Crippen molar-refractivity contribution in [1.82, 2.24) is 20.3 Å². The number of carbonyl (C=O) groups excluding carboxylic acids is 1. The number of aromatic nitrogens is 3. The minimum atomic E-state index is -0.373. The molecule has 3 aromatic rings. The average Bonchev–Trinajstić information content (AvgIpc) is 3.54. The van der Waals surface area contributed by atoms with Crippen LogP contribution in [0.2, 0.25) is 0 Å². The van der Waals surface area contributed by atoms with Gasteiger partial charge in [-0.25, -0.2) is 14.4 Å². The number of hydrogen-bond donors (Lipinski definition) is 3. The Morgan fingerprint density at radius 2 is 1.97 bits per heavy atom. The number of hydrogen-bond acceptors (Lipinski definition) is 5. The number of nitrogens with one attached hydrogen (secondary N) is 2. The third-order valence-electron chi connectivity index (χ3n) is 6.47. The number of nitrogens with two attached hydrogens (primary N) is 1. The van der Waals surface area contributed by atoms with E-state index >= 15 is 0 Å². The SMILES string of the molecule is Cc1[nH]c2c(-c3cc(F)ccc3OCC3CC3)ncnc2c1C(=O)NC1CCC(N)CC1.Cl. The van der Waals surface area contributed by atoms with E-state index < -0.39 is 0 Å². The molecule has 0 aliphatic heterocycles. The molecule has 0 bridgehead atoms. The summed E-state index contributed by atoms with van der Waals surface area (Å²) in [7, 11) is 0. The first-order valence-electron chi connectivity index (χ1n) is 11.3. The fraction of sp³-hybridized carbons (Fsp3) is 0.458. The van der Waals surface area contributed by atoms with Crippen molar-refractivity contribution >= 4 is 29.3 Å². The van der Waals surface area contributed by atoms with Crippen molar-refractivity contribution in [2.45, 2.75) is 57.5 Å². The van der Waals surface area contributed by atoms with E-state index in [1.54, 1.807) is 6.07 Å². The fourth-order valence-electron chi connectivity index (χ4n) is 4.43. The maximum absolute atomic E-state index is 14.2. The molecule has 2 aliphatic carbocycles. The van der Waals surface area contributed by atoms with Crippen LogP contribution in [0.3, 0.4) is 0 Å². The summed E-state index contributed by atoms with van der Waals surface area (Å²) in [5.74, 6) is 0.608. The zero-order valence-corrected chi connectivity index (χ0v) is 19.4. The van der Waals surface area contributed by atoms with Crippen LogP contribution < -0.4 is 15.8 Å². The summed E-state index contributed by atoms with van der Waals surface area (Å²) >= 11 is 0. The van der Waals surface area contributed by atoms with Gasteiger partial charge in [0.25, 0.3) is 5.91 Å². The lowest BCUT2D eigenvalue weighted by atomic mass is 9.91. The van der Waals surface area contributed by atoms with Crippen molar-refractivity contribution in [3.05, 3.63) is 41.6 Å². The summed E-state index contributed by atoms with van der Waals surface area (Å²) in [5, 5.41) is 3.13. The van der Waals surface area contributed by atoms with Gasteiger partial charge in [0.05, 0.1) is 17.7 Å². The van der Waals surface area contributed by atoms with E-state index in [0.717, 1.165) is 38.5 Å². The van der Waals surface area contributed by atoms with Crippen molar-refractivity contribution in [3.8, 4) is 17.0 Å². The molecule has 176 valence electrons. The quantitative estimate of drug-likeness (QED) is 0.495. The van der Waals surface area contributed by atoms with E-state index in [2.05, 4.69) is 20.3 Å². The molecule has 2 aliphatic rings. The summed E-state index contributed by atoms with van der Waals surface area (Å²) in [6.07, 6.45) is 7.31. The second kappa shape index (κ2) is 9.65. The van der Waals surface area contributed by atoms with Crippen molar-refractivity contribution in [1.29, 1.82) is 0 Å². The molecule has 2 fully saturated rings. The monoisotopic (exact) mass is 473 g/mol. The highest BCUT2D eigenvalue weighted by Crippen LogP contribution is 2.36. The van der Waals surface area contributed by atoms with Crippen molar-refractivity contribution in [3.63, 3.8) is 0 Å². The molecule has 4 N–H and O–H groups in total. The number of fused-ring (bicyclic) bond motifs is 1. The van der Waals surface area contributed by atoms with Gasteiger partial charge in [0.2, 0.25) is 0 Å². The summed E-state index contributed by atoms with van der Waals surface area (Å²) < 4.78 is 20.1. The minimum absolute atomic E-state index is 0. The number of aryl methyl sites for hydroxylation is 1. The highest BCUT2D eigenvalue weighted by molar-refractivity contribution is 6.09. The molecular formula is C24H29ClFN5O2. The highest BCUT2D eigenvalue weighted by atomic mass is 35.5. The molecule has 0 radical (unpaired) electrons. The maximum Gasteiger partial charge on any atom is 0.255 e. The molecule has 5 rings (SSSR count). The highest BCUT2D eigenvalue weighted by Gasteiger charge is 2.26. The third kappa shape index (κ3) is 4.96. The first-order valence-corrected chi connectivity index (χ1v) is 11.3. The van der Waals surface area contributed by atoms with Crippen molar-refractivity contribution < 1.29 is 13.9 Å². The number of benzene rings is 1. The maximum atomic E-state index is 14.2. The summed E-state index contributed by atoms with van der Waals surface area (Å²) in [4.78, 5) is 25.2. The molecule has 7 nitrogen and oxygen atoms in total. The standard InChI is InChI=1S/C24H28FN5O2.ClH/c1-13-20(24(31)30-17-7-5-16(26)6-8-17)22-23(29-13)21(27-12-28-22)18-10-15(25)4-9-19(18)32-11-14-2-3-14;/h4,9-10,12,14,16-17,29H,2-3,5-8,11,26H2,1H3,(H,30,31);1H. The van der Waals surface area contributed by atoms with Crippen LogP contribution in [0.25, 0.3) is 22.3 Å². The number of carbonyl (C=O) groups is 1. The van der Waals surface area contributed by atoms with Crippen LogP contribution in [0.1, 0.15) is 54.6 Å². The van der Waals surface area contributed by atoms with E-state index in [1.807, 2.05) is 6.92 Å². The lowest BCUT2D eigenvalue weighted by Crippen LogP contribution is -2.40. The predicted octanol–water partition coefficient (Wildman–Crippen LogP) is 4.28. The fourth-order valence-corrected chi connectivity index (χ4v) is 4.43. The van der Waals surface area contributed by atoms with Gasteiger partial charge < -0.3 is 20.8 Å². The van der Waals surface area contributed by atoms with E-state index in [4.69, 9.17) is 10.5 Å². The van der Waals surface area contributed by atoms with Gasteiger partial charge in [-0.1, -0.05) is 0 Å². The average molecular weight is 474 g/mol. The molecule has 0 saturated heterocycles. The number of nitrogens with zero attached hydrogens (tertiary/aromatic N) is 2. The molecule has 2 saturated carbocycles. The van der Waals surface area contributed by atoms with Gasteiger partial charge in [-0.05, 0) is 69.6 Å². The predicted molar refractivity (Wildman–Crippen MR) is 127 cm³/mol. The summed E-state index contributed by atoms with van der Waals surface area (Å²) in [5.41, 5.74) is 9.37. The van der Waals surface area contributed by atoms with Crippen LogP contribution in [-0.4, -0.2) is 39.5 Å². The van der Waals surface area contributed by atoms with Crippen LogP contribution in [0.5, 0.6) is 5.75 Å². The van der Waals surface area contributed by atoms with Gasteiger partial charge in [0.1, 0.15) is 29.1 Å². The Balaban J connectivity index is 0.00000259. The van der Waals surface area contributed by atoms with Crippen LogP contribution in [-0.2, 0) is 0 Å². The van der Waals surface area contributed by atoms with Crippen LogP contribution in [0.15, 0.2) is 24.5 Å². The second-order valence-electron chi connectivity index (χ2n) is 9.05. The number of rotatable bonds is 6. The van der Waals surface area contributed by atoms with Crippen LogP contribution in [0.4, 0.5) is 4.39 Å². The Morgan fingerprint density at radius 1 is 1.21 bits per heavy atom. The Morgan fingerprint density at radius 3 is 2.70 bits per heavy atom. The molecule has 0 unspecified atom stereocenters. The van der Waals surface area contributed by atoms with E-state index in [0.29, 0.717) is 51.8 Å². The molecular weight excluding hydrogens is 445 g/mol. The van der Waals surface area contributed by atoms with Crippen molar-refractivity contribution in [2.75, 3.05) is 6.61 Å². The zero-order valence-electron chi connectivity index (χ0n) is 18.6. The molecule has 2 aromatic heterocycles. The number of H-pyrrole nitrogens is 1. The molecule has 9 heteroatoms. The minimum Gasteiger partial charge on any atom is -0.493 e. The van der Waals surface area contributed by atoms with E-state index in [1.165, 1.54) is 18.5 Å². The number of ether oxygens (including phenoxy) is 1. The lowest BCUT2D eigenvalue weighted by Gasteiger charge is -2.26. The van der Waals surface area contributed by atoms with Crippen molar-refractivity contribution in [2.24, 2.45) is 11.7 Å². The lowest BCUT2D eigenvalue weighted by molar-refractivity contribution is 0.0927. The summed E-state index contributed by atoms with van der Waals surface area (Å²) in [6.45, 7) is 2.45. The van der Waals surface area contributed by atoms with Gasteiger partial charge in [-0.3, -0.25) is 4.79 Å². The normalized spacial score (nSPS) is 20.3. The van der Waals surface area contributed by atoms with Gasteiger partial charge >= 0.3 is 0 Å². The van der Waals surface area contributed by atoms with E-state index in [9.17, 15) is 9.18 Å². The summed E-state index contributed by atoms with van der Waals surface area (Å²) in [6, 6.07) is 4.78. The number of halogens is 2. The molecule has 1 amide bonds. The first-order chi connectivity index (χ1) is 15.5. The molecule has 2 heterocycles. The number of aromatic amines is 1. The Labute approximate surface area is 198 Å². The first kappa shape index (κ1) is 23.4. The Hall–Kier alpha value is -2.71. The molecule has 1 aromatic carbocycles. The Kier molecular flexibility index (Phi) is 6.86. The Bertz CT molecular complexity index is 1160.